The Morgan fingerprint density at radius 2 is 2.13 bits per heavy atom. The Hall–Kier alpha value is -3.46. The Balaban J connectivity index is 1.34. The third kappa shape index (κ3) is 2.98. The molecule has 30 heavy (non-hydrogen) atoms. The van der Waals surface area contributed by atoms with Crippen molar-refractivity contribution in [1.82, 2.24) is 30.4 Å². The molecule has 4 aromatic rings. The number of nitrogens with zero attached hydrogens (tertiary/aromatic N) is 4. The van der Waals surface area contributed by atoms with Gasteiger partial charge in [-0.3, -0.25) is 4.79 Å². The molecule has 2 aliphatic rings. The quantitative estimate of drug-likeness (QED) is 0.526. The summed E-state index contributed by atoms with van der Waals surface area (Å²) in [6.45, 7) is 0.967. The number of carbonyl (C=O) groups excluding carboxylic acids is 1. The molecule has 1 aliphatic carbocycles. The zero-order chi connectivity index (χ0) is 20.1. The number of aromatic nitrogens is 4. The Bertz CT molecular complexity index is 1190. The molecule has 1 aliphatic heterocycles. The maximum Gasteiger partial charge on any atom is 0.312 e. The molecule has 152 valence electrons. The number of furan rings is 1. The minimum Gasteiger partial charge on any atom is -0.458 e. The Labute approximate surface area is 171 Å². The summed E-state index contributed by atoms with van der Waals surface area (Å²) in [5, 5.41) is 12.3. The van der Waals surface area contributed by atoms with Gasteiger partial charge in [-0.2, -0.15) is 0 Å². The number of benzene rings is 1. The number of imidazole rings is 1. The van der Waals surface area contributed by atoms with Crippen LogP contribution in [0.2, 0.25) is 0 Å². The highest BCUT2D eigenvalue weighted by atomic mass is 16.4. The first kappa shape index (κ1) is 17.4. The second-order valence-corrected chi connectivity index (χ2v) is 7.76. The molecule has 0 saturated heterocycles. The van der Waals surface area contributed by atoms with Crippen LogP contribution in [0, 0.1) is 0 Å². The number of rotatable bonds is 5. The lowest BCUT2D eigenvalue weighted by Crippen LogP contribution is -2.40. The van der Waals surface area contributed by atoms with Crippen LogP contribution in [0.5, 0.6) is 0 Å². The zero-order valence-corrected chi connectivity index (χ0v) is 16.2. The summed E-state index contributed by atoms with van der Waals surface area (Å²) >= 11 is 0. The van der Waals surface area contributed by atoms with E-state index in [-0.39, 0.29) is 11.8 Å². The van der Waals surface area contributed by atoms with E-state index in [0.29, 0.717) is 37.2 Å². The van der Waals surface area contributed by atoms with Gasteiger partial charge in [0.05, 0.1) is 18.6 Å². The maximum absolute atomic E-state index is 13.3. The number of amides is 1. The first-order valence-corrected chi connectivity index (χ1v) is 10.1. The number of carbonyl (C=O) groups is 1. The third-order valence-corrected chi connectivity index (χ3v) is 5.67. The van der Waals surface area contributed by atoms with E-state index >= 15 is 0 Å². The molecule has 4 heterocycles. The standard InChI is InChI=1S/C21H20N6O3/c28-21(20-26-25-17(30-20)10-22-13-5-6-13)27-8-7-14-18(24-11-23-14)19(27)16-9-12-3-1-2-4-15(12)29-16/h1-4,9,11,13,19,22H,5-8,10H2,(H,23,24)/t19-/m1/s1. The van der Waals surface area contributed by atoms with E-state index in [4.69, 9.17) is 8.83 Å². The SMILES string of the molecule is O=C(c1nnc(CNC2CC2)o1)N1CCc2[nH]cnc2[C@H]1c1cc2ccccc2o1. The second-order valence-electron chi connectivity index (χ2n) is 7.76. The van der Waals surface area contributed by atoms with E-state index < -0.39 is 6.04 Å². The van der Waals surface area contributed by atoms with Crippen LogP contribution < -0.4 is 5.32 Å². The predicted octanol–water partition coefficient (Wildman–Crippen LogP) is 2.58. The van der Waals surface area contributed by atoms with E-state index in [1.807, 2.05) is 30.3 Å². The summed E-state index contributed by atoms with van der Waals surface area (Å²) < 4.78 is 11.8. The second kappa shape index (κ2) is 6.81. The van der Waals surface area contributed by atoms with Crippen molar-refractivity contribution in [2.24, 2.45) is 0 Å². The Morgan fingerprint density at radius 1 is 1.23 bits per heavy atom. The zero-order valence-electron chi connectivity index (χ0n) is 16.2. The minimum absolute atomic E-state index is 0.0114. The third-order valence-electron chi connectivity index (χ3n) is 5.67. The maximum atomic E-state index is 13.3. The van der Waals surface area contributed by atoms with Crippen molar-refractivity contribution in [2.45, 2.75) is 37.9 Å². The number of nitrogens with one attached hydrogen (secondary N) is 2. The number of hydrogen-bond donors (Lipinski definition) is 2. The van der Waals surface area contributed by atoms with Gasteiger partial charge >= 0.3 is 11.8 Å². The number of H-pyrrole nitrogens is 1. The summed E-state index contributed by atoms with van der Waals surface area (Å²) in [6, 6.07) is 9.81. The lowest BCUT2D eigenvalue weighted by atomic mass is 10.00. The number of para-hydroxylation sites is 1. The summed E-state index contributed by atoms with van der Waals surface area (Å²) in [5.74, 6) is 0.748. The predicted molar refractivity (Wildman–Crippen MR) is 106 cm³/mol. The fraction of sp³-hybridized carbons (Fsp3) is 0.333. The van der Waals surface area contributed by atoms with Crippen LogP contribution in [0.1, 0.15) is 52.6 Å². The molecule has 9 nitrogen and oxygen atoms in total. The molecule has 1 amide bonds. The molecule has 1 fully saturated rings. The fourth-order valence-corrected chi connectivity index (χ4v) is 3.97. The molecule has 1 atom stereocenters. The van der Waals surface area contributed by atoms with Crippen molar-refractivity contribution < 1.29 is 13.6 Å². The molecule has 9 heteroatoms. The highest BCUT2D eigenvalue weighted by Crippen LogP contribution is 2.36. The molecule has 3 aromatic heterocycles. The topological polar surface area (TPSA) is 113 Å². The van der Waals surface area contributed by atoms with Crippen LogP contribution in [0.4, 0.5) is 0 Å². The van der Waals surface area contributed by atoms with Gasteiger partial charge in [-0.25, -0.2) is 4.98 Å². The molecule has 0 spiro atoms. The Kier molecular flexibility index (Phi) is 3.95. The number of aromatic amines is 1. The van der Waals surface area contributed by atoms with Gasteiger partial charge in [-0.15, -0.1) is 10.2 Å². The van der Waals surface area contributed by atoms with Crippen molar-refractivity contribution in [1.29, 1.82) is 0 Å². The highest BCUT2D eigenvalue weighted by molar-refractivity contribution is 5.90. The van der Waals surface area contributed by atoms with Crippen molar-refractivity contribution in [3.05, 3.63) is 65.6 Å². The number of hydrogen-bond acceptors (Lipinski definition) is 7. The van der Waals surface area contributed by atoms with Crippen molar-refractivity contribution in [2.75, 3.05) is 6.54 Å². The van der Waals surface area contributed by atoms with Gasteiger partial charge < -0.3 is 24.0 Å². The van der Waals surface area contributed by atoms with Crippen LogP contribution >= 0.6 is 0 Å². The van der Waals surface area contributed by atoms with Crippen molar-refractivity contribution in [3.8, 4) is 0 Å². The van der Waals surface area contributed by atoms with Gasteiger partial charge in [0.25, 0.3) is 0 Å². The normalized spacial score (nSPS) is 18.7. The monoisotopic (exact) mass is 404 g/mol. The molecule has 0 unspecified atom stereocenters. The average molecular weight is 404 g/mol. The minimum atomic E-state index is -0.458. The molecular formula is C21H20N6O3. The molecular weight excluding hydrogens is 384 g/mol. The largest absolute Gasteiger partial charge is 0.458 e. The van der Waals surface area contributed by atoms with Gasteiger partial charge in [0.2, 0.25) is 5.89 Å². The van der Waals surface area contributed by atoms with E-state index in [9.17, 15) is 4.79 Å². The molecule has 1 aromatic carbocycles. The first-order chi connectivity index (χ1) is 14.8. The van der Waals surface area contributed by atoms with Gasteiger partial charge in [0.15, 0.2) is 0 Å². The summed E-state index contributed by atoms with van der Waals surface area (Å²) in [5.41, 5.74) is 2.56. The van der Waals surface area contributed by atoms with Crippen LogP contribution in [-0.2, 0) is 13.0 Å². The van der Waals surface area contributed by atoms with E-state index in [1.54, 1.807) is 11.2 Å². The van der Waals surface area contributed by atoms with Gasteiger partial charge in [0.1, 0.15) is 17.4 Å². The molecule has 6 rings (SSSR count). The Morgan fingerprint density at radius 3 is 3.00 bits per heavy atom. The lowest BCUT2D eigenvalue weighted by molar-refractivity contribution is 0.0629. The van der Waals surface area contributed by atoms with Crippen LogP contribution in [0.15, 0.2) is 45.5 Å². The van der Waals surface area contributed by atoms with Crippen molar-refractivity contribution in [3.63, 3.8) is 0 Å². The highest BCUT2D eigenvalue weighted by Gasteiger charge is 2.38. The van der Waals surface area contributed by atoms with Crippen LogP contribution in [-0.4, -0.2) is 43.6 Å². The molecule has 2 N–H and O–H groups in total. The summed E-state index contributed by atoms with van der Waals surface area (Å²) in [6.07, 6.45) is 4.66. The summed E-state index contributed by atoms with van der Waals surface area (Å²) in [4.78, 5) is 22.7. The smallest absolute Gasteiger partial charge is 0.312 e. The van der Waals surface area contributed by atoms with E-state index in [1.165, 1.54) is 12.8 Å². The van der Waals surface area contributed by atoms with Gasteiger partial charge in [0, 0.05) is 30.1 Å². The van der Waals surface area contributed by atoms with E-state index in [2.05, 4.69) is 25.5 Å². The first-order valence-electron chi connectivity index (χ1n) is 10.1. The molecule has 0 bridgehead atoms. The average Bonchev–Trinajstić information content (AvgIpc) is 3.17. The van der Waals surface area contributed by atoms with Crippen molar-refractivity contribution >= 4 is 16.9 Å². The van der Waals surface area contributed by atoms with Gasteiger partial charge in [-0.1, -0.05) is 18.2 Å². The van der Waals surface area contributed by atoms with Gasteiger partial charge in [-0.05, 0) is 25.0 Å². The molecule has 0 radical (unpaired) electrons. The van der Waals surface area contributed by atoms with Crippen LogP contribution in [0.3, 0.4) is 0 Å². The number of fused-ring (bicyclic) bond motifs is 2. The van der Waals surface area contributed by atoms with Crippen LogP contribution in [0.25, 0.3) is 11.0 Å². The lowest BCUT2D eigenvalue weighted by Gasteiger charge is -2.32. The molecule has 1 saturated carbocycles. The fourth-order valence-electron chi connectivity index (χ4n) is 3.97. The summed E-state index contributed by atoms with van der Waals surface area (Å²) in [7, 11) is 0. The van der Waals surface area contributed by atoms with E-state index in [0.717, 1.165) is 22.4 Å².